The molecule has 0 nitrogen and oxygen atoms in total. The van der Waals surface area contributed by atoms with Gasteiger partial charge in [0.15, 0.2) is 0 Å². The van der Waals surface area contributed by atoms with E-state index in [9.17, 15) is 0 Å². The molecule has 0 aromatic rings. The van der Waals surface area contributed by atoms with Crippen LogP contribution in [0.1, 0.15) is 0 Å². The molecule has 0 atom stereocenters. The number of hydrogen-bond donors (Lipinski definition) is 2. The van der Waals surface area contributed by atoms with E-state index in [-0.39, 0.29) is 0 Å². The van der Waals surface area contributed by atoms with E-state index in [1.165, 1.54) is 0 Å². The molecule has 6 heavy (non-hydrogen) atoms. The Morgan fingerprint density at radius 3 is 2.17 bits per heavy atom. The van der Waals surface area contributed by atoms with Crippen molar-refractivity contribution in [2.45, 2.75) is 0 Å². The first-order chi connectivity index (χ1) is 2.77. The van der Waals surface area contributed by atoms with Gasteiger partial charge in [-0.25, -0.2) is 0 Å². The maximum absolute atomic E-state index is 4.52. The molecular formula is C3H4S3. The molecule has 0 aromatic carbocycles. The second-order valence-corrected chi connectivity index (χ2v) is 2.18. The first-order valence-electron chi connectivity index (χ1n) is 1.31. The fourth-order valence-electron chi connectivity index (χ4n) is 0.0638. The second kappa shape index (κ2) is 3.71. The molecule has 0 unspecified atom stereocenters. The topological polar surface area (TPSA) is 0 Å². The molecule has 0 aliphatic carbocycles. The number of thiocarbonyl (C=S) groups is 1. The summed E-state index contributed by atoms with van der Waals surface area (Å²) in [6.07, 6.45) is 1.63. The molecule has 0 saturated heterocycles. The summed E-state index contributed by atoms with van der Waals surface area (Å²) in [6, 6.07) is 0. The van der Waals surface area contributed by atoms with E-state index < -0.39 is 0 Å². The third-order valence-electron chi connectivity index (χ3n) is 0.217. The Bertz CT molecular complexity index is 74.1. The zero-order chi connectivity index (χ0) is 4.99. The molecule has 0 aliphatic heterocycles. The molecular weight excluding hydrogens is 132 g/mol. The Kier molecular flexibility index (Phi) is 4.04. The molecule has 0 saturated carbocycles. The summed E-state index contributed by atoms with van der Waals surface area (Å²) in [4.78, 5) is 0. The van der Waals surface area contributed by atoms with Crippen molar-refractivity contribution in [2.75, 3.05) is 0 Å². The van der Waals surface area contributed by atoms with Gasteiger partial charge >= 0.3 is 0 Å². The maximum Gasteiger partial charge on any atom is 0.0680 e. The predicted octanol–water partition coefficient (Wildman–Crippen LogP) is 1.69. The molecule has 0 amide bonds. The van der Waals surface area contributed by atoms with Gasteiger partial charge in [0, 0.05) is 0 Å². The lowest BCUT2D eigenvalue weighted by atomic mass is 10.8. The van der Waals surface area contributed by atoms with Crippen molar-refractivity contribution in [2.24, 2.45) is 0 Å². The fraction of sp³-hybridized carbons (Fsp3) is 0. The minimum atomic E-state index is 0.560. The van der Waals surface area contributed by atoms with Gasteiger partial charge in [-0.05, 0) is 11.5 Å². The molecule has 0 spiro atoms. The Balaban J connectivity index is 3.30. The van der Waals surface area contributed by atoms with Crippen molar-refractivity contribution < 1.29 is 0 Å². The summed E-state index contributed by atoms with van der Waals surface area (Å²) >= 11 is 12.0. The Morgan fingerprint density at radius 2 is 2.17 bits per heavy atom. The minimum absolute atomic E-state index is 0.560. The first kappa shape index (κ1) is 6.53. The van der Waals surface area contributed by atoms with Gasteiger partial charge in [-0.3, -0.25) is 0 Å². The van der Waals surface area contributed by atoms with Crippen LogP contribution in [-0.4, -0.2) is 4.20 Å². The zero-order valence-electron chi connectivity index (χ0n) is 2.96. The quantitative estimate of drug-likeness (QED) is 0.314. The van der Waals surface area contributed by atoms with Crippen molar-refractivity contribution in [3.63, 3.8) is 0 Å². The molecule has 0 aromatic heterocycles. The van der Waals surface area contributed by atoms with Crippen LogP contribution in [0.2, 0.25) is 0 Å². The van der Waals surface area contributed by atoms with Crippen LogP contribution in [-0.2, 0) is 0 Å². The van der Waals surface area contributed by atoms with Crippen LogP contribution in [0.4, 0.5) is 0 Å². The van der Waals surface area contributed by atoms with E-state index in [1.54, 1.807) is 11.5 Å². The molecule has 34 valence electrons. The van der Waals surface area contributed by atoms with Gasteiger partial charge in [0.2, 0.25) is 0 Å². The Morgan fingerprint density at radius 1 is 1.67 bits per heavy atom. The highest BCUT2D eigenvalue weighted by atomic mass is 32.1. The summed E-state index contributed by atoms with van der Waals surface area (Å²) < 4.78 is 0.560. The van der Waals surface area contributed by atoms with Crippen LogP contribution in [0.3, 0.4) is 0 Å². The van der Waals surface area contributed by atoms with Crippen molar-refractivity contribution in [1.82, 2.24) is 0 Å². The van der Waals surface area contributed by atoms with Crippen molar-refractivity contribution in [3.05, 3.63) is 11.5 Å². The SMILES string of the molecule is S=C(S)/C=C\S. The van der Waals surface area contributed by atoms with Gasteiger partial charge in [0.25, 0.3) is 0 Å². The first-order valence-corrected chi connectivity index (χ1v) is 2.68. The van der Waals surface area contributed by atoms with Crippen LogP contribution in [0.15, 0.2) is 11.5 Å². The summed E-state index contributed by atoms with van der Waals surface area (Å²) in [7, 11) is 0. The van der Waals surface area contributed by atoms with Gasteiger partial charge < -0.3 is 0 Å². The fourth-order valence-corrected chi connectivity index (χ4v) is 0.574. The average Bonchev–Trinajstić information content (AvgIpc) is 1.35. The summed E-state index contributed by atoms with van der Waals surface area (Å²) in [5.74, 6) is 0. The number of thiol groups is 2. The highest BCUT2D eigenvalue weighted by Crippen LogP contribution is 1.86. The van der Waals surface area contributed by atoms with E-state index in [2.05, 4.69) is 37.5 Å². The monoisotopic (exact) mass is 136 g/mol. The van der Waals surface area contributed by atoms with Crippen LogP contribution < -0.4 is 0 Å². The highest BCUT2D eigenvalue weighted by molar-refractivity contribution is 8.11. The van der Waals surface area contributed by atoms with E-state index in [0.717, 1.165) is 0 Å². The average molecular weight is 136 g/mol. The van der Waals surface area contributed by atoms with E-state index in [0.29, 0.717) is 4.20 Å². The lowest BCUT2D eigenvalue weighted by Gasteiger charge is -1.71. The Hall–Kier alpha value is 0.530. The number of rotatable bonds is 1. The lowest BCUT2D eigenvalue weighted by molar-refractivity contribution is 2.47. The van der Waals surface area contributed by atoms with Crippen LogP contribution in [0, 0.1) is 0 Å². The molecule has 0 bridgehead atoms. The summed E-state index contributed by atoms with van der Waals surface area (Å²) in [5, 5.41) is 1.55. The maximum atomic E-state index is 4.52. The molecule has 0 fully saturated rings. The van der Waals surface area contributed by atoms with Crippen LogP contribution in [0.5, 0.6) is 0 Å². The normalized spacial score (nSPS) is 9.67. The zero-order valence-corrected chi connectivity index (χ0v) is 5.56. The van der Waals surface area contributed by atoms with Gasteiger partial charge in [-0.15, -0.1) is 12.6 Å². The summed E-state index contributed by atoms with van der Waals surface area (Å²) in [5.41, 5.74) is 0. The van der Waals surface area contributed by atoms with Crippen LogP contribution >= 0.6 is 37.5 Å². The molecule has 0 N–H and O–H groups in total. The van der Waals surface area contributed by atoms with Crippen molar-refractivity contribution in [3.8, 4) is 0 Å². The smallest absolute Gasteiger partial charge is 0.0680 e. The van der Waals surface area contributed by atoms with Crippen molar-refractivity contribution >= 4 is 41.7 Å². The van der Waals surface area contributed by atoms with Gasteiger partial charge in [0.05, 0.1) is 4.20 Å². The Labute approximate surface area is 53.4 Å². The van der Waals surface area contributed by atoms with Gasteiger partial charge in [-0.1, -0.05) is 12.2 Å². The van der Waals surface area contributed by atoms with E-state index in [1.807, 2.05) is 0 Å². The summed E-state index contributed by atoms with van der Waals surface area (Å²) in [6.45, 7) is 0. The largest absolute Gasteiger partial charge is 0.151 e. The highest BCUT2D eigenvalue weighted by Gasteiger charge is 1.68. The molecule has 0 aliphatic rings. The molecule has 0 heterocycles. The predicted molar refractivity (Wildman–Crippen MR) is 39.7 cm³/mol. The third kappa shape index (κ3) is 4.53. The molecule has 3 heteroatoms. The molecule has 0 radical (unpaired) electrons. The standard InChI is InChI=1S/C3H4S3/c4-2-1-3(5)6/h1-2,4H,(H,5,6)/b2-1-. The van der Waals surface area contributed by atoms with E-state index in [4.69, 9.17) is 0 Å². The van der Waals surface area contributed by atoms with Gasteiger partial charge in [-0.2, -0.15) is 12.6 Å². The van der Waals surface area contributed by atoms with E-state index >= 15 is 0 Å². The lowest BCUT2D eigenvalue weighted by Crippen LogP contribution is -1.64. The van der Waals surface area contributed by atoms with Crippen LogP contribution in [0.25, 0.3) is 0 Å². The van der Waals surface area contributed by atoms with Gasteiger partial charge in [0.1, 0.15) is 0 Å². The van der Waals surface area contributed by atoms with Crippen molar-refractivity contribution in [1.29, 1.82) is 0 Å². The molecule has 0 rings (SSSR count). The second-order valence-electron chi connectivity index (χ2n) is 0.654. The third-order valence-corrected chi connectivity index (χ3v) is 0.651. The minimum Gasteiger partial charge on any atom is -0.151 e. The number of hydrogen-bond acceptors (Lipinski definition) is 2.